The quantitative estimate of drug-likeness (QED) is 0.310. The highest BCUT2D eigenvalue weighted by Crippen LogP contribution is 2.07. The van der Waals surface area contributed by atoms with Gasteiger partial charge in [-0.05, 0) is 18.4 Å². The van der Waals surface area contributed by atoms with Gasteiger partial charge in [0.15, 0.2) is 0 Å². The van der Waals surface area contributed by atoms with Crippen molar-refractivity contribution in [3.63, 3.8) is 0 Å². The van der Waals surface area contributed by atoms with Crippen LogP contribution in [0.2, 0.25) is 0 Å². The number of carbonyl (C=O) groups is 2. The lowest BCUT2D eigenvalue weighted by molar-refractivity contribution is 0.226. The summed E-state index contributed by atoms with van der Waals surface area (Å²) in [6.45, 7) is 2.20. The Kier molecular flexibility index (Phi) is 12.4. The second-order valence-electron chi connectivity index (χ2n) is 4.97. The molecule has 7 nitrogen and oxygen atoms in total. The van der Waals surface area contributed by atoms with Crippen LogP contribution in [0.5, 0.6) is 0 Å². The topological polar surface area (TPSA) is 83.0 Å². The van der Waals surface area contributed by atoms with Crippen LogP contribution < -0.4 is 10.0 Å². The largest absolute Gasteiger partial charge is 0.468 e. The molecule has 0 aliphatic rings. The number of nitrogens with zero attached hydrogens (tertiary/aromatic N) is 2. The van der Waals surface area contributed by atoms with Gasteiger partial charge in [0.25, 0.3) is 0 Å². The zero-order valence-corrected chi connectivity index (χ0v) is 14.8. The van der Waals surface area contributed by atoms with Crippen LogP contribution in [-0.4, -0.2) is 49.9 Å². The maximum Gasteiger partial charge on any atom is 0.347 e. The second kappa shape index (κ2) is 13.2. The summed E-state index contributed by atoms with van der Waals surface area (Å²) in [5.74, 6) is 0.857. The first kappa shape index (κ1) is 20.6. The molecular formula is C14H28N4O3S. The average molecular weight is 332 g/mol. The summed E-state index contributed by atoms with van der Waals surface area (Å²) < 4.78 is 7.48. The third kappa shape index (κ3) is 11.2. The minimum Gasteiger partial charge on any atom is -0.468 e. The zero-order chi connectivity index (χ0) is 16.8. The fraction of sp³-hybridized carbons (Fsp3) is 0.786. The van der Waals surface area contributed by atoms with E-state index in [1.54, 1.807) is 14.1 Å². The standard InChI is InChI=1S/C14H28N4O3S/c1-5-6-7-8-9-10-11-22-17-12(19)15-13(21-4)16-14(20)18(2)3/h5-11H2,1-4H3,(H2,15,16,17,19,20). The van der Waals surface area contributed by atoms with Crippen molar-refractivity contribution in [1.82, 2.24) is 14.9 Å². The number of hydrogen-bond acceptors (Lipinski definition) is 4. The molecule has 0 saturated heterocycles. The van der Waals surface area contributed by atoms with Crippen molar-refractivity contribution in [3.05, 3.63) is 0 Å². The summed E-state index contributed by atoms with van der Waals surface area (Å²) in [6, 6.07) is -1.09. The van der Waals surface area contributed by atoms with E-state index < -0.39 is 12.1 Å². The summed E-state index contributed by atoms with van der Waals surface area (Å²) in [7, 11) is 4.47. The SMILES string of the molecule is CCCCCCCCSNC(=O)NC(=NC(=O)N(C)C)OC. The molecule has 0 saturated carbocycles. The molecule has 0 aromatic rings. The molecule has 22 heavy (non-hydrogen) atoms. The summed E-state index contributed by atoms with van der Waals surface area (Å²) in [5.41, 5.74) is 0. The maximum absolute atomic E-state index is 11.6. The first-order chi connectivity index (χ1) is 10.5. The molecule has 0 aliphatic carbocycles. The summed E-state index contributed by atoms with van der Waals surface area (Å²) in [6.07, 6.45) is 7.31. The van der Waals surface area contributed by atoms with Crippen LogP contribution in [0.3, 0.4) is 0 Å². The molecule has 0 bridgehead atoms. The van der Waals surface area contributed by atoms with Gasteiger partial charge in [0, 0.05) is 19.8 Å². The lowest BCUT2D eigenvalue weighted by atomic mass is 10.1. The Bertz CT molecular complexity index is 362. The molecule has 0 aromatic heterocycles. The predicted octanol–water partition coefficient (Wildman–Crippen LogP) is 2.98. The van der Waals surface area contributed by atoms with Gasteiger partial charge in [0.2, 0.25) is 0 Å². The Morgan fingerprint density at radius 2 is 1.77 bits per heavy atom. The van der Waals surface area contributed by atoms with E-state index in [2.05, 4.69) is 22.0 Å². The van der Waals surface area contributed by atoms with Gasteiger partial charge in [-0.25, -0.2) is 9.59 Å². The highest BCUT2D eigenvalue weighted by molar-refractivity contribution is 7.97. The molecule has 0 heterocycles. The fourth-order valence-electron chi connectivity index (χ4n) is 1.51. The van der Waals surface area contributed by atoms with Gasteiger partial charge in [-0.1, -0.05) is 39.0 Å². The number of unbranched alkanes of at least 4 members (excludes halogenated alkanes) is 5. The number of nitrogens with one attached hydrogen (secondary N) is 2. The number of amidine groups is 1. The third-order valence-electron chi connectivity index (χ3n) is 2.76. The van der Waals surface area contributed by atoms with Gasteiger partial charge in [-0.2, -0.15) is 0 Å². The van der Waals surface area contributed by atoms with Crippen LogP contribution in [0.15, 0.2) is 4.99 Å². The molecular weight excluding hydrogens is 304 g/mol. The molecule has 0 aromatic carbocycles. The van der Waals surface area contributed by atoms with Gasteiger partial charge in [-0.3, -0.25) is 10.0 Å². The first-order valence-electron chi connectivity index (χ1n) is 7.54. The molecule has 0 radical (unpaired) electrons. The number of rotatable bonds is 8. The number of amides is 4. The molecule has 0 atom stereocenters. The van der Waals surface area contributed by atoms with E-state index in [-0.39, 0.29) is 6.02 Å². The van der Waals surface area contributed by atoms with Crippen molar-refractivity contribution in [2.24, 2.45) is 4.99 Å². The number of aliphatic imine (C=N–C) groups is 1. The lowest BCUT2D eigenvalue weighted by Gasteiger charge is -2.10. The normalized spacial score (nSPS) is 11.0. The van der Waals surface area contributed by atoms with Gasteiger partial charge < -0.3 is 9.64 Å². The third-order valence-corrected chi connectivity index (χ3v) is 3.58. The van der Waals surface area contributed by atoms with Crippen molar-refractivity contribution in [1.29, 1.82) is 0 Å². The van der Waals surface area contributed by atoms with E-state index in [0.717, 1.165) is 12.2 Å². The molecule has 0 rings (SSSR count). The number of methoxy groups -OCH3 is 1. The van der Waals surface area contributed by atoms with E-state index in [0.29, 0.717) is 0 Å². The van der Waals surface area contributed by atoms with Crippen LogP contribution in [0.25, 0.3) is 0 Å². The van der Waals surface area contributed by atoms with E-state index >= 15 is 0 Å². The summed E-state index contributed by atoms with van der Waals surface area (Å²) in [5, 5.41) is 2.38. The van der Waals surface area contributed by atoms with Gasteiger partial charge in [0.1, 0.15) is 0 Å². The van der Waals surface area contributed by atoms with Gasteiger partial charge >= 0.3 is 18.1 Å². The molecule has 0 unspecified atom stereocenters. The number of hydrogen-bond donors (Lipinski definition) is 2. The van der Waals surface area contributed by atoms with E-state index in [1.807, 2.05) is 0 Å². The highest BCUT2D eigenvalue weighted by Gasteiger charge is 2.09. The minimum atomic E-state index is -0.503. The zero-order valence-electron chi connectivity index (χ0n) is 14.0. The van der Waals surface area contributed by atoms with Gasteiger partial charge in [0.05, 0.1) is 7.11 Å². The minimum absolute atomic E-state index is 0.128. The van der Waals surface area contributed by atoms with E-state index in [9.17, 15) is 9.59 Å². The van der Waals surface area contributed by atoms with Crippen LogP contribution in [0.1, 0.15) is 45.4 Å². The molecule has 2 N–H and O–H groups in total. The van der Waals surface area contributed by atoms with E-state index in [4.69, 9.17) is 4.74 Å². The maximum atomic E-state index is 11.6. The Balaban J connectivity index is 3.81. The van der Waals surface area contributed by atoms with Crippen molar-refractivity contribution >= 4 is 30.0 Å². The number of ether oxygens (including phenoxy) is 1. The van der Waals surface area contributed by atoms with Crippen LogP contribution in [0, 0.1) is 0 Å². The Morgan fingerprint density at radius 1 is 1.14 bits per heavy atom. The molecule has 0 spiro atoms. The Hall–Kier alpha value is -1.44. The van der Waals surface area contributed by atoms with Crippen LogP contribution >= 0.6 is 11.9 Å². The lowest BCUT2D eigenvalue weighted by Crippen LogP contribution is -2.38. The molecule has 4 amide bonds. The molecule has 0 fully saturated rings. The molecule has 128 valence electrons. The first-order valence-corrected chi connectivity index (χ1v) is 8.52. The Labute approximate surface area is 137 Å². The summed E-state index contributed by atoms with van der Waals surface area (Å²) >= 11 is 1.33. The van der Waals surface area contributed by atoms with Crippen LogP contribution in [0.4, 0.5) is 9.59 Å². The number of carbonyl (C=O) groups excluding carboxylic acids is 2. The fourth-order valence-corrected chi connectivity index (χ4v) is 2.14. The van der Waals surface area contributed by atoms with E-state index in [1.165, 1.54) is 56.1 Å². The van der Waals surface area contributed by atoms with Crippen molar-refractivity contribution < 1.29 is 14.3 Å². The van der Waals surface area contributed by atoms with Crippen molar-refractivity contribution in [3.8, 4) is 0 Å². The predicted molar refractivity (Wildman–Crippen MR) is 91.0 cm³/mol. The molecule has 0 aliphatic heterocycles. The van der Waals surface area contributed by atoms with Crippen molar-refractivity contribution in [2.75, 3.05) is 27.0 Å². The smallest absolute Gasteiger partial charge is 0.347 e. The average Bonchev–Trinajstić information content (AvgIpc) is 2.48. The highest BCUT2D eigenvalue weighted by atomic mass is 32.2. The number of urea groups is 2. The monoisotopic (exact) mass is 332 g/mol. The van der Waals surface area contributed by atoms with Crippen LogP contribution in [-0.2, 0) is 4.74 Å². The van der Waals surface area contributed by atoms with Gasteiger partial charge in [-0.15, -0.1) is 4.99 Å². The molecule has 8 heteroatoms. The van der Waals surface area contributed by atoms with Crippen molar-refractivity contribution in [2.45, 2.75) is 45.4 Å². The summed E-state index contributed by atoms with van der Waals surface area (Å²) in [4.78, 5) is 27.9. The Morgan fingerprint density at radius 3 is 2.36 bits per heavy atom. The second-order valence-corrected chi connectivity index (χ2v) is 5.87.